The molecule has 25 heavy (non-hydrogen) atoms. The number of thioether (sulfide) groups is 1. The van der Waals surface area contributed by atoms with Gasteiger partial charge in [-0.2, -0.15) is 11.8 Å². The number of carbonyl (C=O) groups excluding carboxylic acids is 1. The first-order chi connectivity index (χ1) is 12.0. The van der Waals surface area contributed by atoms with Crippen LogP contribution in [0.15, 0.2) is 54.6 Å². The molecule has 0 bridgehead atoms. The second-order valence-corrected chi connectivity index (χ2v) is 8.91. The lowest BCUT2D eigenvalue weighted by Crippen LogP contribution is -2.24. The minimum atomic E-state index is -3.40. The quantitative estimate of drug-likeness (QED) is 0.726. The molecule has 0 aliphatic heterocycles. The fraction of sp³-hybridized carbons (Fsp3) is 0.316. The molecule has 0 saturated carbocycles. The molecule has 0 fully saturated rings. The smallest absolute Gasteiger partial charge is 0.239 e. The van der Waals surface area contributed by atoms with Crippen molar-refractivity contribution in [3.8, 4) is 0 Å². The summed E-state index contributed by atoms with van der Waals surface area (Å²) in [6.45, 7) is 0. The van der Waals surface area contributed by atoms with E-state index in [-0.39, 0.29) is 5.75 Å². The van der Waals surface area contributed by atoms with Crippen LogP contribution in [0.4, 0.5) is 5.69 Å². The third-order valence-electron chi connectivity index (χ3n) is 3.66. The molecule has 1 amide bonds. The topological polar surface area (TPSA) is 63.2 Å². The average molecular weight is 378 g/mol. The Morgan fingerprint density at radius 1 is 1.00 bits per heavy atom. The van der Waals surface area contributed by atoms with Crippen LogP contribution in [0, 0.1) is 0 Å². The highest BCUT2D eigenvalue weighted by molar-refractivity contribution is 7.97. The Morgan fingerprint density at radius 3 is 2.32 bits per heavy atom. The number of aryl methyl sites for hydroxylation is 1. The lowest BCUT2D eigenvalue weighted by atomic mass is 10.1. The van der Waals surface area contributed by atoms with Gasteiger partial charge in [-0.25, -0.2) is 8.42 Å². The Hall–Kier alpha value is -1.79. The fourth-order valence-corrected chi connectivity index (χ4v) is 4.19. The zero-order valence-corrected chi connectivity index (χ0v) is 15.9. The summed E-state index contributed by atoms with van der Waals surface area (Å²) in [6, 6.07) is 17.2. The third-order valence-corrected chi connectivity index (χ3v) is 5.90. The molecule has 2 rings (SSSR count). The lowest BCUT2D eigenvalue weighted by molar-refractivity contribution is -0.113. The van der Waals surface area contributed by atoms with E-state index in [1.54, 1.807) is 23.9 Å². The first-order valence-corrected chi connectivity index (χ1v) is 11.3. The van der Waals surface area contributed by atoms with Crippen LogP contribution in [0.1, 0.15) is 17.5 Å². The van der Waals surface area contributed by atoms with E-state index in [9.17, 15) is 13.2 Å². The van der Waals surface area contributed by atoms with E-state index in [0.29, 0.717) is 18.5 Å². The molecule has 2 aromatic carbocycles. The number of sulfone groups is 1. The van der Waals surface area contributed by atoms with Gasteiger partial charge in [-0.3, -0.25) is 4.79 Å². The van der Waals surface area contributed by atoms with Crippen LogP contribution in [0.2, 0.25) is 0 Å². The maximum Gasteiger partial charge on any atom is 0.239 e. The Kier molecular flexibility index (Phi) is 7.52. The molecule has 0 aliphatic rings. The number of nitrogens with one attached hydrogen (secondary N) is 1. The Morgan fingerprint density at radius 2 is 1.68 bits per heavy atom. The van der Waals surface area contributed by atoms with Gasteiger partial charge in [0.15, 0.2) is 9.84 Å². The van der Waals surface area contributed by atoms with Crippen LogP contribution >= 0.6 is 11.8 Å². The standard InChI is InChI=1S/C19H23NO3S2/c1-24-14-17-9-11-18(12-10-17)20-19(21)15-25(22,23)13-5-8-16-6-3-2-4-7-16/h2-4,6-7,9-12H,5,8,13-15H2,1H3,(H,20,21). The van der Waals surface area contributed by atoms with Crippen molar-refractivity contribution in [1.29, 1.82) is 0 Å². The largest absolute Gasteiger partial charge is 0.325 e. The Labute approximate surface area is 154 Å². The van der Waals surface area contributed by atoms with Gasteiger partial charge in [0.1, 0.15) is 5.75 Å². The summed E-state index contributed by atoms with van der Waals surface area (Å²) in [5.74, 6) is -0.0438. The van der Waals surface area contributed by atoms with Crippen molar-refractivity contribution < 1.29 is 13.2 Å². The molecule has 0 spiro atoms. The van der Waals surface area contributed by atoms with Gasteiger partial charge in [-0.15, -0.1) is 0 Å². The average Bonchev–Trinajstić information content (AvgIpc) is 2.57. The van der Waals surface area contributed by atoms with Crippen LogP contribution in [0.3, 0.4) is 0 Å². The second-order valence-electron chi connectivity index (χ2n) is 5.86. The summed E-state index contributed by atoms with van der Waals surface area (Å²) in [7, 11) is -3.40. The molecule has 2 aromatic rings. The van der Waals surface area contributed by atoms with Crippen LogP contribution < -0.4 is 5.32 Å². The van der Waals surface area contributed by atoms with E-state index in [4.69, 9.17) is 0 Å². The van der Waals surface area contributed by atoms with Gasteiger partial charge < -0.3 is 5.32 Å². The van der Waals surface area contributed by atoms with Gasteiger partial charge in [0.05, 0.1) is 5.75 Å². The third kappa shape index (κ3) is 7.32. The Bertz CT molecular complexity index is 772. The van der Waals surface area contributed by atoms with E-state index in [1.807, 2.05) is 48.7 Å². The maximum atomic E-state index is 12.1. The number of carbonyl (C=O) groups is 1. The summed E-state index contributed by atoms with van der Waals surface area (Å²) < 4.78 is 24.2. The molecule has 6 heteroatoms. The maximum absolute atomic E-state index is 12.1. The van der Waals surface area contributed by atoms with E-state index in [0.717, 1.165) is 11.3 Å². The van der Waals surface area contributed by atoms with Crippen molar-refractivity contribution in [3.63, 3.8) is 0 Å². The van der Waals surface area contributed by atoms with Crippen molar-refractivity contribution >= 4 is 33.2 Å². The van der Waals surface area contributed by atoms with Crippen LogP contribution in [0.25, 0.3) is 0 Å². The van der Waals surface area contributed by atoms with E-state index < -0.39 is 21.5 Å². The van der Waals surface area contributed by atoms with Gasteiger partial charge in [-0.05, 0) is 42.4 Å². The summed E-state index contributed by atoms with van der Waals surface area (Å²) >= 11 is 1.72. The predicted molar refractivity (Wildman–Crippen MR) is 106 cm³/mol. The molecule has 4 nitrogen and oxygen atoms in total. The minimum Gasteiger partial charge on any atom is -0.325 e. The summed E-state index contributed by atoms with van der Waals surface area (Å²) in [5.41, 5.74) is 2.89. The number of hydrogen-bond donors (Lipinski definition) is 1. The molecule has 0 unspecified atom stereocenters. The highest BCUT2D eigenvalue weighted by Gasteiger charge is 2.16. The zero-order valence-electron chi connectivity index (χ0n) is 14.3. The van der Waals surface area contributed by atoms with Gasteiger partial charge >= 0.3 is 0 Å². The Balaban J connectivity index is 1.79. The molecule has 0 heterocycles. The SMILES string of the molecule is CSCc1ccc(NC(=O)CS(=O)(=O)CCCc2ccccc2)cc1. The number of benzene rings is 2. The monoisotopic (exact) mass is 377 g/mol. The van der Waals surface area contributed by atoms with E-state index >= 15 is 0 Å². The number of hydrogen-bond acceptors (Lipinski definition) is 4. The van der Waals surface area contributed by atoms with Crippen molar-refractivity contribution in [2.75, 3.05) is 23.1 Å². The normalized spacial score (nSPS) is 11.2. The zero-order chi connectivity index (χ0) is 18.1. The summed E-state index contributed by atoms with van der Waals surface area (Å²) in [5, 5.41) is 2.65. The van der Waals surface area contributed by atoms with Crippen molar-refractivity contribution in [1.82, 2.24) is 0 Å². The van der Waals surface area contributed by atoms with Crippen LogP contribution in [-0.4, -0.2) is 32.1 Å². The first-order valence-electron chi connectivity index (χ1n) is 8.10. The van der Waals surface area contributed by atoms with Gasteiger partial charge in [0, 0.05) is 11.4 Å². The van der Waals surface area contributed by atoms with E-state index in [2.05, 4.69) is 5.32 Å². The first kappa shape index (κ1) is 19.5. The number of anilines is 1. The molecule has 0 radical (unpaired) electrons. The van der Waals surface area contributed by atoms with Gasteiger partial charge in [-0.1, -0.05) is 42.5 Å². The molecule has 1 N–H and O–H groups in total. The van der Waals surface area contributed by atoms with E-state index in [1.165, 1.54) is 5.56 Å². The van der Waals surface area contributed by atoms with Gasteiger partial charge in [0.2, 0.25) is 5.91 Å². The predicted octanol–water partition coefficient (Wildman–Crippen LogP) is 3.54. The molecular formula is C19H23NO3S2. The highest BCUT2D eigenvalue weighted by atomic mass is 32.2. The second kappa shape index (κ2) is 9.63. The number of rotatable bonds is 9. The van der Waals surface area contributed by atoms with Crippen molar-refractivity contribution in [3.05, 3.63) is 65.7 Å². The fourth-order valence-electron chi connectivity index (χ4n) is 2.46. The molecule has 0 aliphatic carbocycles. The van der Waals surface area contributed by atoms with Crippen molar-refractivity contribution in [2.24, 2.45) is 0 Å². The van der Waals surface area contributed by atoms with Crippen LogP contribution in [0.5, 0.6) is 0 Å². The highest BCUT2D eigenvalue weighted by Crippen LogP contribution is 2.14. The lowest BCUT2D eigenvalue weighted by Gasteiger charge is -2.07. The molecule has 0 aromatic heterocycles. The summed E-state index contributed by atoms with van der Waals surface area (Å²) in [4.78, 5) is 12.0. The molecule has 0 saturated heterocycles. The molecular weight excluding hydrogens is 354 g/mol. The number of amides is 1. The van der Waals surface area contributed by atoms with Crippen LogP contribution in [-0.2, 0) is 26.8 Å². The molecule has 134 valence electrons. The minimum absolute atomic E-state index is 0.0158. The van der Waals surface area contributed by atoms with Crippen molar-refractivity contribution in [2.45, 2.75) is 18.6 Å². The molecule has 0 atom stereocenters. The summed E-state index contributed by atoms with van der Waals surface area (Å²) in [6.07, 6.45) is 3.24. The van der Waals surface area contributed by atoms with Gasteiger partial charge in [0.25, 0.3) is 0 Å².